The maximum absolute atomic E-state index is 12.1. The van der Waals surface area contributed by atoms with Crippen molar-refractivity contribution in [2.24, 2.45) is 0 Å². The van der Waals surface area contributed by atoms with Crippen molar-refractivity contribution in [3.05, 3.63) is 58.1 Å². The molecule has 1 amide bonds. The Morgan fingerprint density at radius 3 is 2.70 bits per heavy atom. The quantitative estimate of drug-likeness (QED) is 0.826. The topological polar surface area (TPSA) is 47.6 Å². The fourth-order valence-electron chi connectivity index (χ4n) is 2.24. The number of halogens is 1. The molecule has 0 aromatic heterocycles. The second kappa shape index (κ2) is 8.02. The maximum atomic E-state index is 12.1. The number of benzene rings is 2. The molecule has 0 bridgehead atoms. The number of amides is 1. The van der Waals surface area contributed by atoms with Gasteiger partial charge in [-0.05, 0) is 43.7 Å². The molecule has 0 fully saturated rings. The van der Waals surface area contributed by atoms with Crippen LogP contribution in [-0.2, 0) is 4.79 Å². The highest BCUT2D eigenvalue weighted by Crippen LogP contribution is 2.24. The zero-order chi connectivity index (χ0) is 16.8. The molecular weight excluding hydrogens is 358 g/mol. The Hall–Kier alpha value is -2.01. The largest absolute Gasteiger partial charge is 0.496 e. The van der Waals surface area contributed by atoms with Crippen LogP contribution in [0.25, 0.3) is 0 Å². The van der Waals surface area contributed by atoms with Crippen LogP contribution in [0.3, 0.4) is 0 Å². The van der Waals surface area contributed by atoms with Crippen molar-refractivity contribution < 1.29 is 14.3 Å². The van der Waals surface area contributed by atoms with Gasteiger partial charge in [0.05, 0.1) is 13.2 Å². The van der Waals surface area contributed by atoms with Gasteiger partial charge in [-0.15, -0.1) is 0 Å². The molecule has 1 N–H and O–H groups in total. The van der Waals surface area contributed by atoms with E-state index in [-0.39, 0.29) is 18.6 Å². The van der Waals surface area contributed by atoms with Gasteiger partial charge in [-0.25, -0.2) is 0 Å². The molecule has 0 saturated heterocycles. The second-order valence-corrected chi connectivity index (χ2v) is 6.09. The lowest BCUT2D eigenvalue weighted by molar-refractivity contribution is -0.123. The Morgan fingerprint density at radius 2 is 2.00 bits per heavy atom. The Labute approximate surface area is 144 Å². The fraction of sp³-hybridized carbons (Fsp3) is 0.278. The predicted molar refractivity (Wildman–Crippen MR) is 93.9 cm³/mol. The van der Waals surface area contributed by atoms with Gasteiger partial charge in [0, 0.05) is 10.0 Å². The third-order valence-corrected chi connectivity index (χ3v) is 4.37. The van der Waals surface area contributed by atoms with Crippen LogP contribution in [0.2, 0.25) is 0 Å². The highest BCUT2D eigenvalue weighted by molar-refractivity contribution is 9.10. The molecule has 2 rings (SSSR count). The summed E-state index contributed by atoms with van der Waals surface area (Å²) >= 11 is 3.43. The normalized spacial score (nSPS) is 11.7. The van der Waals surface area contributed by atoms with Crippen molar-refractivity contribution >= 4 is 21.8 Å². The van der Waals surface area contributed by atoms with Crippen LogP contribution in [0.5, 0.6) is 11.5 Å². The van der Waals surface area contributed by atoms with Gasteiger partial charge >= 0.3 is 0 Å². The zero-order valence-corrected chi connectivity index (χ0v) is 15.0. The zero-order valence-electron chi connectivity index (χ0n) is 13.4. The van der Waals surface area contributed by atoms with Gasteiger partial charge in [0.15, 0.2) is 6.61 Å². The molecule has 0 aliphatic rings. The number of rotatable bonds is 6. The highest BCUT2D eigenvalue weighted by Gasteiger charge is 2.14. The van der Waals surface area contributed by atoms with Crippen LogP contribution in [0.1, 0.15) is 24.1 Å². The lowest BCUT2D eigenvalue weighted by atomic mass is 10.1. The third-order valence-electron chi connectivity index (χ3n) is 3.48. The molecule has 1 atom stereocenters. The summed E-state index contributed by atoms with van der Waals surface area (Å²) in [6.45, 7) is 3.86. The summed E-state index contributed by atoms with van der Waals surface area (Å²) in [7, 11) is 1.62. The molecule has 5 heteroatoms. The van der Waals surface area contributed by atoms with Crippen molar-refractivity contribution in [2.45, 2.75) is 19.9 Å². The van der Waals surface area contributed by atoms with Crippen LogP contribution in [-0.4, -0.2) is 19.6 Å². The molecule has 2 aromatic carbocycles. The smallest absolute Gasteiger partial charge is 0.258 e. The second-order valence-electron chi connectivity index (χ2n) is 5.23. The van der Waals surface area contributed by atoms with E-state index in [4.69, 9.17) is 9.47 Å². The average molecular weight is 378 g/mol. The van der Waals surface area contributed by atoms with E-state index in [0.29, 0.717) is 5.75 Å². The van der Waals surface area contributed by atoms with Gasteiger partial charge in [0.1, 0.15) is 11.5 Å². The van der Waals surface area contributed by atoms with Crippen molar-refractivity contribution in [3.8, 4) is 11.5 Å². The van der Waals surface area contributed by atoms with Crippen molar-refractivity contribution in [1.29, 1.82) is 0 Å². The highest BCUT2D eigenvalue weighted by atomic mass is 79.9. The van der Waals surface area contributed by atoms with E-state index in [1.165, 1.54) is 0 Å². The van der Waals surface area contributed by atoms with E-state index in [0.717, 1.165) is 21.3 Å². The molecule has 4 nitrogen and oxygen atoms in total. The van der Waals surface area contributed by atoms with Gasteiger partial charge in [0.25, 0.3) is 5.91 Å². The number of hydrogen-bond donors (Lipinski definition) is 1. The average Bonchev–Trinajstić information content (AvgIpc) is 2.55. The number of methoxy groups -OCH3 is 1. The summed E-state index contributed by atoms with van der Waals surface area (Å²) in [5.74, 6) is 1.25. The molecule has 122 valence electrons. The van der Waals surface area contributed by atoms with Crippen LogP contribution < -0.4 is 14.8 Å². The monoisotopic (exact) mass is 377 g/mol. The molecule has 2 aromatic rings. The summed E-state index contributed by atoms with van der Waals surface area (Å²) in [4.78, 5) is 12.1. The summed E-state index contributed by atoms with van der Waals surface area (Å²) in [5.41, 5.74) is 1.99. The van der Waals surface area contributed by atoms with Crippen LogP contribution in [0.15, 0.2) is 46.9 Å². The molecule has 0 aliphatic heterocycles. The Kier molecular flexibility index (Phi) is 6.04. The van der Waals surface area contributed by atoms with Crippen LogP contribution >= 0.6 is 15.9 Å². The number of aryl methyl sites for hydroxylation is 1. The summed E-state index contributed by atoms with van der Waals surface area (Å²) in [5, 5.41) is 2.91. The SMILES string of the molecule is COc1ccccc1[C@@H](C)NC(=O)COc1ccc(Br)c(C)c1. The first-order valence-corrected chi connectivity index (χ1v) is 8.11. The van der Waals surface area contributed by atoms with Crippen molar-refractivity contribution in [3.63, 3.8) is 0 Å². The van der Waals surface area contributed by atoms with Crippen LogP contribution in [0, 0.1) is 6.92 Å². The molecule has 0 aliphatic carbocycles. The molecule has 0 unspecified atom stereocenters. The van der Waals surface area contributed by atoms with Gasteiger partial charge in [-0.3, -0.25) is 4.79 Å². The summed E-state index contributed by atoms with van der Waals surface area (Å²) in [6, 6.07) is 13.1. The van der Waals surface area contributed by atoms with E-state index < -0.39 is 0 Å². The molecule has 0 spiro atoms. The minimum atomic E-state index is -0.177. The lowest BCUT2D eigenvalue weighted by Crippen LogP contribution is -2.31. The predicted octanol–water partition coefficient (Wildman–Crippen LogP) is 4.02. The maximum Gasteiger partial charge on any atom is 0.258 e. The lowest BCUT2D eigenvalue weighted by Gasteiger charge is -2.17. The summed E-state index contributed by atoms with van der Waals surface area (Å²) in [6.07, 6.45) is 0. The van der Waals surface area contributed by atoms with Crippen LogP contribution in [0.4, 0.5) is 0 Å². The van der Waals surface area contributed by atoms with Gasteiger partial charge in [0.2, 0.25) is 0 Å². The number of ether oxygens (including phenoxy) is 2. The molecule has 0 saturated carbocycles. The number of nitrogens with one attached hydrogen (secondary N) is 1. The van der Waals surface area contributed by atoms with E-state index in [9.17, 15) is 4.79 Å². The van der Waals surface area contributed by atoms with E-state index >= 15 is 0 Å². The Bertz CT molecular complexity index is 688. The van der Waals surface area contributed by atoms with Gasteiger partial charge in [-0.1, -0.05) is 34.1 Å². The van der Waals surface area contributed by atoms with Crippen molar-refractivity contribution in [2.75, 3.05) is 13.7 Å². The first-order valence-electron chi connectivity index (χ1n) is 7.32. The minimum absolute atomic E-state index is 0.0272. The van der Waals surface area contributed by atoms with Gasteiger partial charge in [-0.2, -0.15) is 0 Å². The third kappa shape index (κ3) is 4.73. The van der Waals surface area contributed by atoms with Gasteiger partial charge < -0.3 is 14.8 Å². The first kappa shape index (κ1) is 17.3. The number of carbonyl (C=O) groups excluding carboxylic acids is 1. The van der Waals surface area contributed by atoms with Crippen molar-refractivity contribution in [1.82, 2.24) is 5.32 Å². The number of para-hydroxylation sites is 1. The molecule has 0 heterocycles. The van der Waals surface area contributed by atoms with E-state index in [2.05, 4.69) is 21.2 Å². The first-order chi connectivity index (χ1) is 11.0. The molecule has 0 radical (unpaired) electrons. The van der Waals surface area contributed by atoms with E-state index in [1.54, 1.807) is 7.11 Å². The fourth-order valence-corrected chi connectivity index (χ4v) is 2.49. The number of carbonyl (C=O) groups is 1. The molecule has 23 heavy (non-hydrogen) atoms. The standard InChI is InChI=1S/C18H20BrNO3/c1-12-10-14(8-9-16(12)19)23-11-18(21)20-13(2)15-6-4-5-7-17(15)22-3/h4-10,13H,11H2,1-3H3,(H,20,21)/t13-/m1/s1. The minimum Gasteiger partial charge on any atom is -0.496 e. The Balaban J connectivity index is 1.92. The Morgan fingerprint density at radius 1 is 1.26 bits per heavy atom. The summed E-state index contributed by atoms with van der Waals surface area (Å²) < 4.78 is 11.9. The molecular formula is C18H20BrNO3. The number of hydrogen-bond acceptors (Lipinski definition) is 3. The van der Waals surface area contributed by atoms with E-state index in [1.807, 2.05) is 56.3 Å².